The molecule has 0 aromatic heterocycles. The van der Waals surface area contributed by atoms with Crippen LogP contribution in [0.5, 0.6) is 0 Å². The first kappa shape index (κ1) is 11.8. The first-order chi connectivity index (χ1) is 6.91. The zero-order valence-corrected chi connectivity index (χ0v) is 9.45. The molecule has 4 nitrogen and oxygen atoms in total. The number of ketones is 1. The Morgan fingerprint density at radius 2 is 1.87 bits per heavy atom. The number of ether oxygens (including phenoxy) is 1. The average molecular weight is 211 g/mol. The normalized spacial score (nSPS) is 26.3. The van der Waals surface area contributed by atoms with Crippen LogP contribution in [0.3, 0.4) is 0 Å². The van der Waals surface area contributed by atoms with Crippen LogP contribution < -0.4 is 0 Å². The Balaban J connectivity index is 2.61. The summed E-state index contributed by atoms with van der Waals surface area (Å²) in [7, 11) is 0. The summed E-state index contributed by atoms with van der Waals surface area (Å²) in [6, 6.07) is 0. The minimum atomic E-state index is -0.409. The predicted octanol–water partition coefficient (Wildman–Crippen LogP) is 1.81. The fraction of sp³-hybridized carbons (Fsp3) is 0.636. The fourth-order valence-corrected chi connectivity index (χ4v) is 1.76. The second-order valence-electron chi connectivity index (χ2n) is 4.18. The highest BCUT2D eigenvalue weighted by Crippen LogP contribution is 2.18. The van der Waals surface area contributed by atoms with Gasteiger partial charge in [0.25, 0.3) is 0 Å². The number of carbonyl (C=O) groups excluding carboxylic acids is 2. The number of hydrogen-bond acceptors (Lipinski definition) is 3. The third-order valence-electron chi connectivity index (χ3n) is 2.48. The maximum Gasteiger partial charge on any atom is 0.414 e. The Kier molecular flexibility index (Phi) is 3.50. The molecule has 1 rings (SSSR count). The number of piperidine rings is 1. The van der Waals surface area contributed by atoms with Gasteiger partial charge in [0.15, 0.2) is 0 Å². The molecule has 1 aliphatic rings. The van der Waals surface area contributed by atoms with Gasteiger partial charge in [0.2, 0.25) is 0 Å². The molecule has 1 aliphatic heterocycles. The van der Waals surface area contributed by atoms with Crippen LogP contribution >= 0.6 is 0 Å². The second-order valence-corrected chi connectivity index (χ2v) is 4.18. The maximum absolute atomic E-state index is 11.5. The van der Waals surface area contributed by atoms with Crippen molar-refractivity contribution in [1.29, 1.82) is 0 Å². The van der Waals surface area contributed by atoms with Gasteiger partial charge in [-0.05, 0) is 6.92 Å². The SMILES string of the molecule is C=C(C)OC(=O)N1C[C@@H](C)C(=O)[C@@H](C)C1. The molecule has 1 saturated heterocycles. The lowest BCUT2D eigenvalue weighted by atomic mass is 9.90. The van der Waals surface area contributed by atoms with Gasteiger partial charge in [-0.2, -0.15) is 0 Å². The molecule has 0 saturated carbocycles. The van der Waals surface area contributed by atoms with Gasteiger partial charge in [-0.1, -0.05) is 20.4 Å². The highest BCUT2D eigenvalue weighted by molar-refractivity contribution is 5.85. The van der Waals surface area contributed by atoms with E-state index < -0.39 is 6.09 Å². The van der Waals surface area contributed by atoms with Crippen LogP contribution in [-0.4, -0.2) is 29.9 Å². The molecule has 15 heavy (non-hydrogen) atoms. The summed E-state index contributed by atoms with van der Waals surface area (Å²) < 4.78 is 4.90. The standard InChI is InChI=1S/C11H17NO3/c1-7(2)15-11(14)12-5-8(3)10(13)9(4)6-12/h8-9H,1,5-6H2,2-4H3/t8-,9+. The predicted molar refractivity (Wildman–Crippen MR) is 56.2 cm³/mol. The van der Waals surface area contributed by atoms with Crippen molar-refractivity contribution < 1.29 is 14.3 Å². The average Bonchev–Trinajstić information content (AvgIpc) is 2.12. The van der Waals surface area contributed by atoms with E-state index in [9.17, 15) is 9.59 Å². The molecular formula is C11H17NO3. The second kappa shape index (κ2) is 4.47. The van der Waals surface area contributed by atoms with E-state index in [-0.39, 0.29) is 17.6 Å². The molecule has 1 heterocycles. The van der Waals surface area contributed by atoms with Gasteiger partial charge < -0.3 is 9.64 Å². The topological polar surface area (TPSA) is 46.6 Å². The Bertz CT molecular complexity index is 284. The van der Waals surface area contributed by atoms with Crippen LogP contribution in [0.15, 0.2) is 12.3 Å². The van der Waals surface area contributed by atoms with Gasteiger partial charge in [0.05, 0.1) is 5.76 Å². The summed E-state index contributed by atoms with van der Waals surface area (Å²) in [6.07, 6.45) is -0.409. The van der Waals surface area contributed by atoms with E-state index in [2.05, 4.69) is 6.58 Å². The highest BCUT2D eigenvalue weighted by atomic mass is 16.6. The van der Waals surface area contributed by atoms with Crippen LogP contribution in [-0.2, 0) is 9.53 Å². The highest BCUT2D eigenvalue weighted by Gasteiger charge is 2.32. The van der Waals surface area contributed by atoms with Gasteiger partial charge in [-0.3, -0.25) is 4.79 Å². The van der Waals surface area contributed by atoms with Crippen LogP contribution in [0.1, 0.15) is 20.8 Å². The van der Waals surface area contributed by atoms with Crippen LogP contribution in [0.2, 0.25) is 0 Å². The molecular weight excluding hydrogens is 194 g/mol. The lowest BCUT2D eigenvalue weighted by molar-refractivity contribution is -0.129. The van der Waals surface area contributed by atoms with Crippen molar-refractivity contribution in [3.63, 3.8) is 0 Å². The molecule has 84 valence electrons. The minimum Gasteiger partial charge on any atom is -0.416 e. The van der Waals surface area contributed by atoms with Crippen molar-refractivity contribution >= 4 is 11.9 Å². The Hall–Kier alpha value is -1.32. The number of amides is 1. The van der Waals surface area contributed by atoms with E-state index in [1.54, 1.807) is 11.8 Å². The first-order valence-corrected chi connectivity index (χ1v) is 5.07. The number of rotatable bonds is 1. The number of Topliss-reactive ketones (excluding diaryl/α,β-unsaturated/α-hetero) is 1. The van der Waals surface area contributed by atoms with Crippen molar-refractivity contribution in [1.82, 2.24) is 4.90 Å². The van der Waals surface area contributed by atoms with E-state index >= 15 is 0 Å². The molecule has 0 radical (unpaired) electrons. The quantitative estimate of drug-likeness (QED) is 0.621. The van der Waals surface area contributed by atoms with E-state index in [4.69, 9.17) is 4.74 Å². The number of nitrogens with zero attached hydrogens (tertiary/aromatic N) is 1. The van der Waals surface area contributed by atoms with Crippen molar-refractivity contribution in [2.75, 3.05) is 13.1 Å². The van der Waals surface area contributed by atoms with Gasteiger partial charge >= 0.3 is 6.09 Å². The lowest BCUT2D eigenvalue weighted by Crippen LogP contribution is -2.47. The number of carbonyl (C=O) groups is 2. The maximum atomic E-state index is 11.5. The van der Waals surface area contributed by atoms with Gasteiger partial charge in [-0.25, -0.2) is 4.79 Å². The summed E-state index contributed by atoms with van der Waals surface area (Å²) in [5.41, 5.74) is 0. The number of allylic oxidation sites excluding steroid dienone is 1. The summed E-state index contributed by atoms with van der Waals surface area (Å²) >= 11 is 0. The molecule has 0 spiro atoms. The Morgan fingerprint density at radius 1 is 1.40 bits per heavy atom. The van der Waals surface area contributed by atoms with Crippen molar-refractivity contribution in [3.8, 4) is 0 Å². The largest absolute Gasteiger partial charge is 0.416 e. The number of hydrogen-bond donors (Lipinski definition) is 0. The molecule has 1 amide bonds. The van der Waals surface area contributed by atoms with E-state index in [0.29, 0.717) is 18.8 Å². The van der Waals surface area contributed by atoms with Crippen LogP contribution in [0.4, 0.5) is 4.79 Å². The van der Waals surface area contributed by atoms with Crippen LogP contribution in [0.25, 0.3) is 0 Å². The van der Waals surface area contributed by atoms with Gasteiger partial charge in [0.1, 0.15) is 5.78 Å². The van der Waals surface area contributed by atoms with Crippen molar-refractivity contribution in [3.05, 3.63) is 12.3 Å². The Labute approximate surface area is 89.9 Å². The third-order valence-corrected chi connectivity index (χ3v) is 2.48. The zero-order valence-electron chi connectivity index (χ0n) is 9.45. The molecule has 2 atom stereocenters. The van der Waals surface area contributed by atoms with Crippen molar-refractivity contribution in [2.24, 2.45) is 11.8 Å². The molecule has 0 aromatic rings. The first-order valence-electron chi connectivity index (χ1n) is 5.07. The molecule has 4 heteroatoms. The smallest absolute Gasteiger partial charge is 0.414 e. The lowest BCUT2D eigenvalue weighted by Gasteiger charge is -2.32. The summed E-state index contributed by atoms with van der Waals surface area (Å²) in [5.74, 6) is 0.379. The monoisotopic (exact) mass is 211 g/mol. The zero-order chi connectivity index (χ0) is 11.6. The molecule has 0 bridgehead atoms. The fourth-order valence-electron chi connectivity index (χ4n) is 1.76. The molecule has 1 fully saturated rings. The molecule has 0 aliphatic carbocycles. The van der Waals surface area contributed by atoms with Crippen LogP contribution in [0, 0.1) is 11.8 Å². The van der Waals surface area contributed by atoms with E-state index in [0.717, 1.165) is 0 Å². The van der Waals surface area contributed by atoms with E-state index in [1.165, 1.54) is 0 Å². The third kappa shape index (κ3) is 2.81. The molecule has 0 aromatic carbocycles. The van der Waals surface area contributed by atoms with Gasteiger partial charge in [-0.15, -0.1) is 0 Å². The molecule has 0 N–H and O–H groups in total. The summed E-state index contributed by atoms with van der Waals surface area (Å²) in [6.45, 7) is 9.68. The Morgan fingerprint density at radius 3 is 2.27 bits per heavy atom. The van der Waals surface area contributed by atoms with Gasteiger partial charge in [0, 0.05) is 24.9 Å². The molecule has 0 unspecified atom stereocenters. The summed E-state index contributed by atoms with van der Waals surface area (Å²) in [5, 5.41) is 0. The van der Waals surface area contributed by atoms with Crippen molar-refractivity contribution in [2.45, 2.75) is 20.8 Å². The minimum absolute atomic E-state index is 0.105. The number of likely N-dealkylation sites (tertiary alicyclic amines) is 1. The van der Waals surface area contributed by atoms with E-state index in [1.807, 2.05) is 13.8 Å². The summed E-state index contributed by atoms with van der Waals surface area (Å²) in [4.78, 5) is 24.6.